The van der Waals surface area contributed by atoms with Gasteiger partial charge in [-0.1, -0.05) is 31.4 Å². The fourth-order valence-electron chi connectivity index (χ4n) is 6.52. The highest BCUT2D eigenvalue weighted by Crippen LogP contribution is 2.36. The number of likely N-dealkylation sites (tertiary alicyclic amines) is 1. The number of carboxylic acid groups (broad SMARTS) is 1. The lowest BCUT2D eigenvalue weighted by Gasteiger charge is -2.47. The van der Waals surface area contributed by atoms with Crippen LogP contribution in [0.25, 0.3) is 0 Å². The van der Waals surface area contributed by atoms with Crippen molar-refractivity contribution in [1.82, 2.24) is 20.0 Å². The monoisotopic (exact) mass is 510 g/mol. The number of benzene rings is 1. The molecule has 0 radical (unpaired) electrons. The highest BCUT2D eigenvalue weighted by molar-refractivity contribution is 6.07. The third-order valence-corrected chi connectivity index (χ3v) is 8.79. The van der Waals surface area contributed by atoms with Crippen molar-refractivity contribution in [2.75, 3.05) is 39.3 Å². The van der Waals surface area contributed by atoms with Gasteiger partial charge in [-0.25, -0.2) is 14.5 Å². The Morgan fingerprint density at radius 1 is 0.865 bits per heavy atom. The standard InChI is InChI=1S/C28H38N4O5/c33-25(22-8-6-21(7-9-22)20-4-2-1-3-5-20)30-14-16-31(17-15-30)28(37)32-24(27(35)36)23(26(32)34)18-19-10-12-29-13-11-19/h6-9,19-20,23-24,29H,1-5,10-18H2,(H,35,36)/t23-,24+/m1/s1. The van der Waals surface area contributed by atoms with Crippen molar-refractivity contribution in [2.24, 2.45) is 11.8 Å². The summed E-state index contributed by atoms with van der Waals surface area (Å²) in [5.41, 5.74) is 1.95. The number of imide groups is 1. The van der Waals surface area contributed by atoms with Gasteiger partial charge in [-0.3, -0.25) is 9.59 Å². The van der Waals surface area contributed by atoms with Crippen molar-refractivity contribution in [3.63, 3.8) is 0 Å². The van der Waals surface area contributed by atoms with Crippen molar-refractivity contribution in [1.29, 1.82) is 0 Å². The van der Waals surface area contributed by atoms with Gasteiger partial charge in [0.2, 0.25) is 5.91 Å². The van der Waals surface area contributed by atoms with Crippen LogP contribution < -0.4 is 5.32 Å². The van der Waals surface area contributed by atoms with Gasteiger partial charge in [0.05, 0.1) is 5.92 Å². The van der Waals surface area contributed by atoms with E-state index < -0.39 is 24.0 Å². The fourth-order valence-corrected chi connectivity index (χ4v) is 6.52. The van der Waals surface area contributed by atoms with E-state index >= 15 is 0 Å². The highest BCUT2D eigenvalue weighted by Gasteiger charge is 2.56. The van der Waals surface area contributed by atoms with Gasteiger partial charge >= 0.3 is 12.0 Å². The largest absolute Gasteiger partial charge is 0.480 e. The lowest BCUT2D eigenvalue weighted by atomic mass is 9.78. The minimum Gasteiger partial charge on any atom is -0.480 e. The van der Waals surface area contributed by atoms with Crippen LogP contribution in [0.15, 0.2) is 24.3 Å². The molecule has 9 nitrogen and oxygen atoms in total. The van der Waals surface area contributed by atoms with E-state index in [0.717, 1.165) is 30.8 Å². The van der Waals surface area contributed by atoms with Crippen LogP contribution in [0, 0.1) is 11.8 Å². The number of carboxylic acids is 1. The molecule has 1 aromatic carbocycles. The van der Waals surface area contributed by atoms with Crippen LogP contribution in [0.3, 0.4) is 0 Å². The summed E-state index contributed by atoms with van der Waals surface area (Å²) in [6.45, 7) is 3.01. The lowest BCUT2D eigenvalue weighted by molar-refractivity contribution is -0.167. The average molecular weight is 511 g/mol. The first-order chi connectivity index (χ1) is 17.9. The number of β-lactam (4-membered cyclic amide) rings is 1. The molecule has 1 aromatic rings. The van der Waals surface area contributed by atoms with E-state index in [0.29, 0.717) is 36.9 Å². The Bertz CT molecular complexity index is 1010. The van der Waals surface area contributed by atoms with Crippen molar-refractivity contribution in [3.8, 4) is 0 Å². The molecule has 3 saturated heterocycles. The molecule has 4 fully saturated rings. The Balaban J connectivity index is 1.15. The van der Waals surface area contributed by atoms with Crippen molar-refractivity contribution in [3.05, 3.63) is 35.4 Å². The Labute approximate surface area is 218 Å². The second-order valence-electron chi connectivity index (χ2n) is 11.0. The number of hydrogen-bond acceptors (Lipinski definition) is 5. The highest BCUT2D eigenvalue weighted by atomic mass is 16.4. The lowest BCUT2D eigenvalue weighted by Crippen LogP contribution is -2.69. The number of carbonyl (C=O) groups is 4. The molecule has 4 amide bonds. The van der Waals surface area contributed by atoms with Gasteiger partial charge in [0.15, 0.2) is 6.04 Å². The minimum atomic E-state index is -1.13. The van der Waals surface area contributed by atoms with Gasteiger partial charge in [-0.05, 0) is 74.7 Å². The smallest absolute Gasteiger partial charge is 0.327 e. The molecule has 4 aliphatic rings. The summed E-state index contributed by atoms with van der Waals surface area (Å²) in [5.74, 6) is -1.31. The van der Waals surface area contributed by atoms with Gasteiger partial charge < -0.3 is 20.2 Å². The van der Waals surface area contributed by atoms with Crippen molar-refractivity contribution >= 4 is 23.8 Å². The van der Waals surface area contributed by atoms with E-state index in [2.05, 4.69) is 17.4 Å². The van der Waals surface area contributed by atoms with Gasteiger partial charge in [-0.2, -0.15) is 0 Å². The van der Waals surface area contributed by atoms with Crippen LogP contribution in [-0.4, -0.2) is 88.9 Å². The van der Waals surface area contributed by atoms with Gasteiger partial charge in [-0.15, -0.1) is 0 Å². The normalized spacial score (nSPS) is 25.6. The van der Waals surface area contributed by atoms with Crippen molar-refractivity contribution in [2.45, 2.75) is 63.3 Å². The van der Waals surface area contributed by atoms with Crippen LogP contribution in [0.2, 0.25) is 0 Å². The number of piperazine rings is 1. The Morgan fingerprint density at radius 2 is 1.49 bits per heavy atom. The van der Waals surface area contributed by atoms with Crippen LogP contribution in [0.4, 0.5) is 4.79 Å². The maximum absolute atomic E-state index is 13.1. The number of nitrogens with zero attached hydrogens (tertiary/aromatic N) is 3. The first kappa shape index (κ1) is 25.7. The summed E-state index contributed by atoms with van der Waals surface area (Å²) in [4.78, 5) is 55.2. The fraction of sp³-hybridized carbons (Fsp3) is 0.643. The van der Waals surface area contributed by atoms with E-state index in [9.17, 15) is 24.3 Å². The van der Waals surface area contributed by atoms with E-state index in [-0.39, 0.29) is 24.9 Å². The molecule has 0 aromatic heterocycles. The summed E-state index contributed by atoms with van der Waals surface area (Å²) in [6, 6.07) is 6.31. The number of rotatable bonds is 5. The summed E-state index contributed by atoms with van der Waals surface area (Å²) in [6.07, 6.45) is 8.63. The first-order valence-corrected chi connectivity index (χ1v) is 13.9. The second-order valence-corrected chi connectivity index (χ2v) is 11.0. The van der Waals surface area contributed by atoms with Gasteiger partial charge in [0.25, 0.3) is 5.91 Å². The molecule has 3 heterocycles. The van der Waals surface area contributed by atoms with Crippen LogP contribution in [-0.2, 0) is 9.59 Å². The number of aliphatic carboxylic acids is 1. The summed E-state index contributed by atoms with van der Waals surface area (Å²) in [7, 11) is 0. The van der Waals surface area contributed by atoms with Crippen LogP contribution in [0.1, 0.15) is 73.2 Å². The molecule has 200 valence electrons. The molecule has 1 aliphatic carbocycles. The molecule has 2 N–H and O–H groups in total. The molecule has 2 atom stereocenters. The zero-order chi connectivity index (χ0) is 25.9. The Kier molecular flexibility index (Phi) is 7.79. The molecule has 0 bridgehead atoms. The number of piperidine rings is 1. The van der Waals surface area contributed by atoms with E-state index in [4.69, 9.17) is 0 Å². The average Bonchev–Trinajstić information content (AvgIpc) is 2.94. The summed E-state index contributed by atoms with van der Waals surface area (Å²) < 4.78 is 0. The molecule has 1 saturated carbocycles. The van der Waals surface area contributed by atoms with Gasteiger partial charge in [0, 0.05) is 31.7 Å². The van der Waals surface area contributed by atoms with Gasteiger partial charge in [0.1, 0.15) is 0 Å². The van der Waals surface area contributed by atoms with Crippen LogP contribution in [0.5, 0.6) is 0 Å². The molecule has 3 aliphatic heterocycles. The zero-order valence-corrected chi connectivity index (χ0v) is 21.4. The maximum atomic E-state index is 13.1. The quantitative estimate of drug-likeness (QED) is 0.590. The molecule has 0 unspecified atom stereocenters. The number of carbonyl (C=O) groups excluding carboxylic acids is 3. The third kappa shape index (κ3) is 5.37. The molecular weight excluding hydrogens is 472 g/mol. The predicted molar refractivity (Wildman–Crippen MR) is 137 cm³/mol. The predicted octanol–water partition coefficient (Wildman–Crippen LogP) is 2.91. The maximum Gasteiger partial charge on any atom is 0.327 e. The molecule has 5 rings (SSSR count). The van der Waals surface area contributed by atoms with E-state index in [1.54, 1.807) is 4.90 Å². The first-order valence-electron chi connectivity index (χ1n) is 13.9. The summed E-state index contributed by atoms with van der Waals surface area (Å²) >= 11 is 0. The number of urea groups is 1. The topological polar surface area (TPSA) is 110 Å². The van der Waals surface area contributed by atoms with E-state index in [1.807, 2.05) is 12.1 Å². The number of nitrogens with one attached hydrogen (secondary N) is 1. The van der Waals surface area contributed by atoms with Crippen LogP contribution >= 0.6 is 0 Å². The van der Waals surface area contributed by atoms with E-state index in [1.165, 1.54) is 42.6 Å². The second kappa shape index (κ2) is 11.2. The number of amides is 4. The molecule has 9 heteroatoms. The molecule has 37 heavy (non-hydrogen) atoms. The number of hydrogen-bond donors (Lipinski definition) is 2. The molecular formula is C28H38N4O5. The summed E-state index contributed by atoms with van der Waals surface area (Å²) in [5, 5.41) is 13.1. The Morgan fingerprint density at radius 3 is 2.11 bits per heavy atom. The third-order valence-electron chi connectivity index (χ3n) is 8.79. The molecule has 0 spiro atoms. The SMILES string of the molecule is O=C(O)[C@@H]1[C@@H](CC2CCNCC2)C(=O)N1C(=O)N1CCN(C(=O)c2ccc(C3CCCCC3)cc2)CC1. The Hall–Kier alpha value is -2.94. The minimum absolute atomic E-state index is 0.0623. The van der Waals surface area contributed by atoms with Crippen molar-refractivity contribution < 1.29 is 24.3 Å². The zero-order valence-electron chi connectivity index (χ0n) is 21.4.